The van der Waals surface area contributed by atoms with Crippen LogP contribution in [0.2, 0.25) is 1.41 Å². The zero-order chi connectivity index (χ0) is 20.3. The minimum absolute atomic E-state index is 0.0530. The number of nitrogens with one attached hydrogen (secondary N) is 2. The quantitative estimate of drug-likeness (QED) is 0.557. The monoisotopic (exact) mass is 381 g/mol. The van der Waals surface area contributed by atoms with Crippen molar-refractivity contribution in [1.82, 2.24) is 25.0 Å². The number of aromatic amines is 1. The van der Waals surface area contributed by atoms with E-state index in [1.807, 2.05) is 0 Å². The van der Waals surface area contributed by atoms with Gasteiger partial charge in [0.1, 0.15) is 23.8 Å². The Bertz CT molecular complexity index is 1320. The van der Waals surface area contributed by atoms with Gasteiger partial charge in [-0.3, -0.25) is 9.48 Å². The van der Waals surface area contributed by atoms with Crippen LogP contribution in [0.3, 0.4) is 0 Å². The van der Waals surface area contributed by atoms with Crippen LogP contribution in [0, 0.1) is 11.6 Å². The molecule has 0 spiro atoms. The topological polar surface area (TPSA) is 88.5 Å². The number of halogens is 2. The molecule has 0 saturated carbocycles. The number of hydrogen-bond donors (Lipinski definition) is 2. The fraction of sp³-hybridized carbons (Fsp3) is 0.158. The van der Waals surface area contributed by atoms with Gasteiger partial charge in [-0.2, -0.15) is 10.2 Å². The van der Waals surface area contributed by atoms with Gasteiger partial charge in [-0.25, -0.2) is 18.9 Å². The SMILES string of the molecule is [2H]n1nc2c3c(cc(F)cc3c1=O)N[C@H](c1ccc(F)cc1)[C@H]2c1ncnn1C. The number of hydrogen-bond acceptors (Lipinski definition) is 5. The largest absolute Gasteiger partial charge is 0.376 e. The predicted molar refractivity (Wildman–Crippen MR) is 97.9 cm³/mol. The molecular weight excluding hydrogens is 366 g/mol. The summed E-state index contributed by atoms with van der Waals surface area (Å²) in [7, 11) is 1.72. The normalized spacial score (nSPS) is 18.8. The van der Waals surface area contributed by atoms with E-state index in [2.05, 4.69) is 20.5 Å². The maximum atomic E-state index is 14.2. The van der Waals surface area contributed by atoms with Gasteiger partial charge in [0.25, 0.3) is 5.56 Å². The van der Waals surface area contributed by atoms with Crippen molar-refractivity contribution in [3.63, 3.8) is 0 Å². The first-order valence-corrected chi connectivity index (χ1v) is 8.55. The molecule has 5 rings (SSSR count). The number of anilines is 1. The Kier molecular flexibility index (Phi) is 3.28. The number of H-pyrrole nitrogens is 1. The summed E-state index contributed by atoms with van der Waals surface area (Å²) < 4.78 is 37.2. The molecule has 7 nitrogen and oxygen atoms in total. The van der Waals surface area contributed by atoms with Gasteiger partial charge < -0.3 is 5.32 Å². The minimum Gasteiger partial charge on any atom is -0.376 e. The van der Waals surface area contributed by atoms with Crippen molar-refractivity contribution in [2.75, 3.05) is 5.32 Å². The van der Waals surface area contributed by atoms with Crippen molar-refractivity contribution >= 4 is 16.5 Å². The Labute approximate surface area is 158 Å². The molecule has 2 aromatic heterocycles. The van der Waals surface area contributed by atoms with Crippen LogP contribution in [0.25, 0.3) is 10.8 Å². The molecule has 0 amide bonds. The summed E-state index contributed by atoms with van der Waals surface area (Å²) >= 11 is 0. The first-order valence-electron chi connectivity index (χ1n) is 9.00. The smallest absolute Gasteiger partial charge is 0.272 e. The van der Waals surface area contributed by atoms with Gasteiger partial charge in [-0.05, 0) is 29.8 Å². The molecule has 0 bridgehead atoms. The van der Waals surface area contributed by atoms with E-state index in [-0.39, 0.29) is 11.2 Å². The molecule has 2 N–H and O–H groups in total. The lowest BCUT2D eigenvalue weighted by Crippen LogP contribution is -2.30. The highest BCUT2D eigenvalue weighted by Gasteiger charge is 2.37. The first kappa shape index (κ1) is 15.4. The Morgan fingerprint density at radius 3 is 2.68 bits per heavy atom. The Balaban J connectivity index is 1.85. The molecule has 0 radical (unpaired) electrons. The van der Waals surface area contributed by atoms with Gasteiger partial charge in [-0.1, -0.05) is 12.1 Å². The van der Waals surface area contributed by atoms with Crippen LogP contribution in [0.1, 0.15) is 29.0 Å². The lowest BCUT2D eigenvalue weighted by atomic mass is 9.83. The number of aromatic nitrogens is 5. The zero-order valence-corrected chi connectivity index (χ0v) is 14.6. The summed E-state index contributed by atoms with van der Waals surface area (Å²) in [5.74, 6) is -1.00. The van der Waals surface area contributed by atoms with E-state index in [1.165, 1.54) is 24.5 Å². The maximum absolute atomic E-state index is 14.2. The van der Waals surface area contributed by atoms with E-state index >= 15 is 0 Å². The molecular formula is C19H14F2N6O. The molecule has 0 fully saturated rings. The summed E-state index contributed by atoms with van der Waals surface area (Å²) in [6.07, 6.45) is 1.39. The average Bonchev–Trinajstić information content (AvgIpc) is 3.11. The highest BCUT2D eigenvalue weighted by atomic mass is 19.1. The Morgan fingerprint density at radius 2 is 1.96 bits per heavy atom. The fourth-order valence-electron chi connectivity index (χ4n) is 3.80. The standard InChI is InChI=1S/C19H14F2N6O/c1-27-18(22-8-23-27)15-16(9-2-4-10(20)5-3-9)24-13-7-11(21)6-12-14(13)17(15)25-26-19(12)28/h2-8,15-16,24H,1H3,(H,26,28)/t15-,16-/m1/s1/i/hD. The lowest BCUT2D eigenvalue weighted by Gasteiger charge is -2.33. The number of benzene rings is 2. The van der Waals surface area contributed by atoms with Gasteiger partial charge >= 0.3 is 0 Å². The predicted octanol–water partition coefficient (Wildman–Crippen LogP) is 2.63. The number of aryl methyl sites for hydroxylation is 1. The van der Waals surface area contributed by atoms with Crippen LogP contribution in [0.15, 0.2) is 47.5 Å². The van der Waals surface area contributed by atoms with Crippen LogP contribution < -0.4 is 10.9 Å². The van der Waals surface area contributed by atoms with Crippen molar-refractivity contribution in [2.45, 2.75) is 12.0 Å². The van der Waals surface area contributed by atoms with Crippen LogP contribution in [0.4, 0.5) is 14.5 Å². The second-order valence-electron chi connectivity index (χ2n) is 6.66. The molecule has 1 aliphatic heterocycles. The van der Waals surface area contributed by atoms with E-state index in [0.717, 1.165) is 6.07 Å². The molecule has 3 heterocycles. The summed E-state index contributed by atoms with van der Waals surface area (Å²) in [5.41, 5.74) is 0.775. The fourth-order valence-corrected chi connectivity index (χ4v) is 3.80. The highest BCUT2D eigenvalue weighted by molar-refractivity contribution is 5.97. The molecule has 28 heavy (non-hydrogen) atoms. The van der Waals surface area contributed by atoms with Gasteiger partial charge in [0.2, 0.25) is 0 Å². The van der Waals surface area contributed by atoms with E-state index in [4.69, 9.17) is 1.41 Å². The first-order chi connectivity index (χ1) is 13.9. The summed E-state index contributed by atoms with van der Waals surface area (Å²) in [6, 6.07) is 7.79. The Hall–Kier alpha value is -3.62. The van der Waals surface area contributed by atoms with Crippen molar-refractivity contribution in [3.05, 3.63) is 81.8 Å². The highest BCUT2D eigenvalue weighted by Crippen LogP contribution is 2.45. The van der Waals surface area contributed by atoms with Gasteiger partial charge in [0.05, 0.1) is 23.0 Å². The summed E-state index contributed by atoms with van der Waals surface area (Å²) in [4.78, 5) is 16.8. The molecule has 0 unspecified atom stereocenters. The van der Waals surface area contributed by atoms with E-state index < -0.39 is 23.3 Å². The summed E-state index contributed by atoms with van der Waals surface area (Å²) in [5, 5.41) is 12.5. The maximum Gasteiger partial charge on any atom is 0.272 e. The minimum atomic E-state index is -0.719. The van der Waals surface area contributed by atoms with Gasteiger partial charge in [0.15, 0.2) is 1.41 Å². The van der Waals surface area contributed by atoms with Gasteiger partial charge in [-0.15, -0.1) is 0 Å². The molecule has 1 aliphatic rings. The van der Waals surface area contributed by atoms with Crippen molar-refractivity contribution in [1.29, 1.82) is 0 Å². The molecule has 4 aromatic rings. The third-order valence-electron chi connectivity index (χ3n) is 5.03. The van der Waals surface area contributed by atoms with Crippen molar-refractivity contribution < 1.29 is 10.2 Å². The Morgan fingerprint density at radius 1 is 1.18 bits per heavy atom. The zero-order valence-electron chi connectivity index (χ0n) is 15.6. The van der Waals surface area contributed by atoms with E-state index in [0.29, 0.717) is 33.2 Å². The van der Waals surface area contributed by atoms with Crippen molar-refractivity contribution in [3.8, 4) is 0 Å². The third kappa shape index (κ3) is 2.39. The van der Waals surface area contributed by atoms with Gasteiger partial charge in [0, 0.05) is 18.1 Å². The van der Waals surface area contributed by atoms with E-state index in [1.54, 1.807) is 23.9 Å². The number of rotatable bonds is 2. The van der Waals surface area contributed by atoms with Crippen LogP contribution in [0.5, 0.6) is 0 Å². The molecule has 140 valence electrons. The third-order valence-corrected chi connectivity index (χ3v) is 5.03. The second kappa shape index (κ2) is 5.95. The molecule has 0 aliphatic carbocycles. The van der Waals surface area contributed by atoms with Crippen molar-refractivity contribution in [2.24, 2.45) is 7.05 Å². The number of nitrogens with zero attached hydrogens (tertiary/aromatic N) is 4. The molecule has 9 heteroatoms. The molecule has 2 aromatic carbocycles. The summed E-state index contributed by atoms with van der Waals surface area (Å²) in [6.45, 7) is 0. The molecule has 2 atom stereocenters. The van der Waals surface area contributed by atoms with E-state index in [9.17, 15) is 13.6 Å². The van der Waals surface area contributed by atoms with Crippen LogP contribution >= 0.6 is 0 Å². The lowest BCUT2D eigenvalue weighted by molar-refractivity contribution is 0.562. The second-order valence-corrected chi connectivity index (χ2v) is 6.66. The molecule has 0 saturated heterocycles. The average molecular weight is 381 g/mol. The van der Waals surface area contributed by atoms with Crippen LogP contribution in [-0.2, 0) is 7.05 Å². The van der Waals surface area contributed by atoms with Crippen LogP contribution in [-0.4, -0.2) is 25.0 Å².